The lowest BCUT2D eigenvalue weighted by atomic mass is 10.1. The Labute approximate surface area is 114 Å². The number of hydrogen-bond acceptors (Lipinski definition) is 2. The molecular formula is C13H19ClN2S. The fourth-order valence-electron chi connectivity index (χ4n) is 1.77. The molecule has 94 valence electrons. The van der Waals surface area contributed by atoms with Crippen LogP contribution in [-0.4, -0.2) is 23.0 Å². The van der Waals surface area contributed by atoms with Crippen LogP contribution >= 0.6 is 23.8 Å². The van der Waals surface area contributed by atoms with Crippen LogP contribution in [0.2, 0.25) is 5.02 Å². The van der Waals surface area contributed by atoms with Gasteiger partial charge in [0.15, 0.2) is 0 Å². The number of thiocarbonyl (C=S) groups is 1. The van der Waals surface area contributed by atoms with E-state index in [2.05, 4.69) is 24.0 Å². The van der Waals surface area contributed by atoms with Crippen LogP contribution in [-0.2, 0) is 6.54 Å². The van der Waals surface area contributed by atoms with Crippen molar-refractivity contribution >= 4 is 28.8 Å². The Morgan fingerprint density at radius 1 is 1.47 bits per heavy atom. The van der Waals surface area contributed by atoms with Crippen LogP contribution < -0.4 is 5.73 Å². The normalized spacial score (nSPS) is 10.8. The van der Waals surface area contributed by atoms with Gasteiger partial charge in [0.05, 0.1) is 4.99 Å². The van der Waals surface area contributed by atoms with E-state index in [1.165, 1.54) is 5.56 Å². The van der Waals surface area contributed by atoms with Gasteiger partial charge < -0.3 is 5.73 Å². The third kappa shape index (κ3) is 5.02. The van der Waals surface area contributed by atoms with Crippen molar-refractivity contribution < 1.29 is 0 Å². The summed E-state index contributed by atoms with van der Waals surface area (Å²) in [5.41, 5.74) is 7.90. The molecule has 0 saturated carbocycles. The molecule has 0 bridgehead atoms. The second-order valence-corrected chi connectivity index (χ2v) is 5.20. The molecule has 0 fully saturated rings. The lowest BCUT2D eigenvalue weighted by Gasteiger charge is -2.21. The highest BCUT2D eigenvalue weighted by Gasteiger charge is 2.08. The van der Waals surface area contributed by atoms with E-state index in [1.54, 1.807) is 0 Å². The van der Waals surface area contributed by atoms with Crippen molar-refractivity contribution in [2.45, 2.75) is 26.8 Å². The van der Waals surface area contributed by atoms with Crippen LogP contribution in [0.5, 0.6) is 0 Å². The summed E-state index contributed by atoms with van der Waals surface area (Å²) in [6.07, 6.45) is 1.08. The van der Waals surface area contributed by atoms with E-state index in [-0.39, 0.29) is 0 Å². The van der Waals surface area contributed by atoms with Gasteiger partial charge in [0.25, 0.3) is 0 Å². The molecule has 0 atom stereocenters. The van der Waals surface area contributed by atoms with Gasteiger partial charge in [0.2, 0.25) is 0 Å². The summed E-state index contributed by atoms with van der Waals surface area (Å²) in [6.45, 7) is 6.59. The predicted octanol–water partition coefficient (Wildman–Crippen LogP) is 3.15. The van der Waals surface area contributed by atoms with E-state index in [0.29, 0.717) is 11.5 Å². The SMILES string of the molecule is CCCN(CC(N)=S)Cc1ccc(C)cc1Cl. The number of nitrogens with two attached hydrogens (primary N) is 1. The average Bonchev–Trinajstić information content (AvgIpc) is 2.21. The monoisotopic (exact) mass is 270 g/mol. The van der Waals surface area contributed by atoms with Crippen LogP contribution in [0.15, 0.2) is 18.2 Å². The van der Waals surface area contributed by atoms with E-state index in [9.17, 15) is 0 Å². The number of rotatable bonds is 6. The summed E-state index contributed by atoms with van der Waals surface area (Å²) in [6, 6.07) is 6.13. The molecule has 1 aromatic carbocycles. The first-order valence-electron chi connectivity index (χ1n) is 5.78. The highest BCUT2D eigenvalue weighted by Crippen LogP contribution is 2.19. The Bertz CT molecular complexity index is 393. The second-order valence-electron chi connectivity index (χ2n) is 4.27. The van der Waals surface area contributed by atoms with E-state index in [4.69, 9.17) is 29.6 Å². The molecule has 0 aliphatic heterocycles. The fraction of sp³-hybridized carbons (Fsp3) is 0.462. The molecule has 0 aromatic heterocycles. The first kappa shape index (κ1) is 14.4. The lowest BCUT2D eigenvalue weighted by molar-refractivity contribution is 0.304. The molecule has 1 aromatic rings. The van der Waals surface area contributed by atoms with Crippen molar-refractivity contribution in [3.05, 3.63) is 34.3 Å². The minimum atomic E-state index is 0.529. The predicted molar refractivity (Wildman–Crippen MR) is 78.5 cm³/mol. The molecule has 0 spiro atoms. The summed E-state index contributed by atoms with van der Waals surface area (Å²) in [5.74, 6) is 0. The number of aryl methyl sites for hydroxylation is 1. The Balaban J connectivity index is 2.74. The van der Waals surface area contributed by atoms with Gasteiger partial charge in [-0.1, -0.05) is 42.9 Å². The zero-order chi connectivity index (χ0) is 12.8. The number of nitrogens with zero attached hydrogens (tertiary/aromatic N) is 1. The molecule has 2 nitrogen and oxygen atoms in total. The topological polar surface area (TPSA) is 29.3 Å². The van der Waals surface area contributed by atoms with E-state index in [1.807, 2.05) is 13.0 Å². The van der Waals surface area contributed by atoms with Gasteiger partial charge in [-0.2, -0.15) is 0 Å². The van der Waals surface area contributed by atoms with Crippen molar-refractivity contribution in [3.63, 3.8) is 0 Å². The smallest absolute Gasteiger partial charge is 0.0870 e. The largest absolute Gasteiger partial charge is 0.392 e. The molecule has 0 aliphatic carbocycles. The summed E-state index contributed by atoms with van der Waals surface area (Å²) in [5, 5.41) is 0.814. The van der Waals surface area contributed by atoms with Crippen molar-refractivity contribution in [1.29, 1.82) is 0 Å². The molecule has 2 N–H and O–H groups in total. The first-order chi connectivity index (χ1) is 8.02. The maximum atomic E-state index is 6.22. The van der Waals surface area contributed by atoms with Crippen LogP contribution in [0.1, 0.15) is 24.5 Å². The zero-order valence-electron chi connectivity index (χ0n) is 10.4. The molecule has 0 radical (unpaired) electrons. The molecule has 0 heterocycles. The molecule has 4 heteroatoms. The lowest BCUT2D eigenvalue weighted by Crippen LogP contribution is -2.33. The molecule has 0 unspecified atom stereocenters. The molecule has 0 saturated heterocycles. The van der Waals surface area contributed by atoms with E-state index >= 15 is 0 Å². The Morgan fingerprint density at radius 2 is 2.18 bits per heavy atom. The number of hydrogen-bond donors (Lipinski definition) is 1. The average molecular weight is 271 g/mol. The van der Waals surface area contributed by atoms with Crippen molar-refractivity contribution in [3.8, 4) is 0 Å². The molecule has 0 amide bonds. The summed E-state index contributed by atoms with van der Waals surface area (Å²) < 4.78 is 0. The second kappa shape index (κ2) is 6.94. The molecule has 1 rings (SSSR count). The first-order valence-corrected chi connectivity index (χ1v) is 6.57. The van der Waals surface area contributed by atoms with E-state index < -0.39 is 0 Å². The minimum absolute atomic E-state index is 0.529. The molecule has 0 aliphatic rings. The number of halogens is 1. The van der Waals surface area contributed by atoms with Gasteiger partial charge >= 0.3 is 0 Å². The molecular weight excluding hydrogens is 252 g/mol. The maximum Gasteiger partial charge on any atom is 0.0870 e. The van der Waals surface area contributed by atoms with Gasteiger partial charge in [-0.25, -0.2) is 0 Å². The highest BCUT2D eigenvalue weighted by atomic mass is 35.5. The fourth-order valence-corrected chi connectivity index (χ4v) is 2.25. The zero-order valence-corrected chi connectivity index (χ0v) is 11.9. The quantitative estimate of drug-likeness (QED) is 0.806. The van der Waals surface area contributed by atoms with Gasteiger partial charge in [-0.15, -0.1) is 0 Å². The standard InChI is InChI=1S/C13H19ClN2S/c1-3-6-16(9-13(15)17)8-11-5-4-10(2)7-12(11)14/h4-5,7H,3,6,8-9H2,1-2H3,(H2,15,17). The van der Waals surface area contributed by atoms with Gasteiger partial charge in [-0.3, -0.25) is 4.90 Å². The third-order valence-corrected chi connectivity index (χ3v) is 3.00. The Kier molecular flexibility index (Phi) is 5.89. The molecule has 17 heavy (non-hydrogen) atoms. The third-order valence-electron chi connectivity index (χ3n) is 2.52. The summed E-state index contributed by atoms with van der Waals surface area (Å²) in [7, 11) is 0. The van der Waals surface area contributed by atoms with Crippen molar-refractivity contribution in [1.82, 2.24) is 4.90 Å². The number of benzene rings is 1. The van der Waals surface area contributed by atoms with Crippen LogP contribution in [0.3, 0.4) is 0 Å². The summed E-state index contributed by atoms with van der Waals surface area (Å²) >= 11 is 11.2. The van der Waals surface area contributed by atoms with Crippen molar-refractivity contribution in [2.24, 2.45) is 5.73 Å². The highest BCUT2D eigenvalue weighted by molar-refractivity contribution is 7.80. The van der Waals surface area contributed by atoms with Crippen molar-refractivity contribution in [2.75, 3.05) is 13.1 Å². The van der Waals surface area contributed by atoms with E-state index in [0.717, 1.165) is 30.1 Å². The van der Waals surface area contributed by atoms with Crippen LogP contribution in [0.4, 0.5) is 0 Å². The van der Waals surface area contributed by atoms with Gasteiger partial charge in [0.1, 0.15) is 0 Å². The maximum absolute atomic E-state index is 6.22. The van der Waals surface area contributed by atoms with Crippen LogP contribution in [0, 0.1) is 6.92 Å². The van der Waals surface area contributed by atoms with Gasteiger partial charge in [-0.05, 0) is 37.1 Å². The summed E-state index contributed by atoms with van der Waals surface area (Å²) in [4.78, 5) is 2.75. The van der Waals surface area contributed by atoms with Crippen LogP contribution in [0.25, 0.3) is 0 Å². The Morgan fingerprint density at radius 3 is 2.71 bits per heavy atom. The minimum Gasteiger partial charge on any atom is -0.392 e. The van der Waals surface area contributed by atoms with Gasteiger partial charge in [0, 0.05) is 18.1 Å². The Hall–Kier alpha value is -0.640.